The van der Waals surface area contributed by atoms with Crippen LogP contribution in [0.5, 0.6) is 5.75 Å². The first-order valence-corrected chi connectivity index (χ1v) is 10.2. The number of hydrogen-bond acceptors (Lipinski definition) is 6. The minimum Gasteiger partial charge on any atom is -0.482 e. The van der Waals surface area contributed by atoms with E-state index in [-0.39, 0.29) is 34.2 Å². The number of fused-ring (bicyclic) bond motifs is 1. The lowest BCUT2D eigenvalue weighted by Gasteiger charge is -2.11. The summed E-state index contributed by atoms with van der Waals surface area (Å²) >= 11 is 6.10. The Balaban J connectivity index is 1.93. The number of benzene rings is 3. The number of rotatable bonds is 7. The molecule has 0 aliphatic carbocycles. The second-order valence-corrected chi connectivity index (χ2v) is 7.32. The predicted octanol–water partition coefficient (Wildman–Crippen LogP) is 5.07. The van der Waals surface area contributed by atoms with Crippen LogP contribution in [0.15, 0.2) is 89.3 Å². The third-order valence-electron chi connectivity index (χ3n) is 4.70. The molecule has 8 nitrogen and oxygen atoms in total. The number of halogens is 1. The van der Waals surface area contributed by atoms with Gasteiger partial charge < -0.3 is 4.74 Å². The van der Waals surface area contributed by atoms with Crippen molar-refractivity contribution < 1.29 is 9.66 Å². The molecule has 0 fully saturated rings. The molecule has 1 aromatic heterocycles. The minimum absolute atomic E-state index is 0.0314. The van der Waals surface area contributed by atoms with Crippen LogP contribution in [0.1, 0.15) is 5.56 Å². The van der Waals surface area contributed by atoms with E-state index in [1.807, 2.05) is 30.3 Å². The van der Waals surface area contributed by atoms with Gasteiger partial charge in [-0.1, -0.05) is 66.7 Å². The molecule has 0 spiro atoms. The van der Waals surface area contributed by atoms with E-state index in [2.05, 4.69) is 16.7 Å². The molecule has 3 aromatic carbocycles. The lowest BCUT2D eigenvalue weighted by molar-refractivity contribution is -0.385. The molecule has 33 heavy (non-hydrogen) atoms. The van der Waals surface area contributed by atoms with Gasteiger partial charge in [0, 0.05) is 22.2 Å². The molecule has 0 N–H and O–H groups in total. The normalized spacial score (nSPS) is 11.1. The fourth-order valence-corrected chi connectivity index (χ4v) is 3.48. The van der Waals surface area contributed by atoms with Crippen LogP contribution in [0.2, 0.25) is 5.02 Å². The Labute approximate surface area is 193 Å². The van der Waals surface area contributed by atoms with Crippen LogP contribution in [0.25, 0.3) is 22.3 Å². The Morgan fingerprint density at radius 1 is 1.15 bits per heavy atom. The van der Waals surface area contributed by atoms with Crippen LogP contribution < -0.4 is 10.3 Å². The molecule has 0 unspecified atom stereocenters. The zero-order valence-corrected chi connectivity index (χ0v) is 18.0. The Hall–Kier alpha value is -4.30. The zero-order chi connectivity index (χ0) is 23.4. The molecule has 0 atom stereocenters. The van der Waals surface area contributed by atoms with Gasteiger partial charge in [-0.3, -0.25) is 14.9 Å². The quantitative estimate of drug-likeness (QED) is 0.166. The first kappa shape index (κ1) is 21.9. The average molecular weight is 461 g/mol. The summed E-state index contributed by atoms with van der Waals surface area (Å²) in [5.74, 6) is 0.289. The van der Waals surface area contributed by atoms with Crippen molar-refractivity contribution in [3.05, 3.63) is 110 Å². The van der Waals surface area contributed by atoms with Crippen molar-refractivity contribution in [1.29, 1.82) is 0 Å². The van der Waals surface area contributed by atoms with E-state index < -0.39 is 4.92 Å². The van der Waals surface area contributed by atoms with E-state index in [1.165, 1.54) is 24.4 Å². The van der Waals surface area contributed by atoms with Gasteiger partial charge in [-0.2, -0.15) is 9.78 Å². The Kier molecular flexibility index (Phi) is 6.28. The van der Waals surface area contributed by atoms with Crippen molar-refractivity contribution in [3.63, 3.8) is 0 Å². The highest BCUT2D eigenvalue weighted by Gasteiger charge is 2.21. The highest BCUT2D eigenvalue weighted by molar-refractivity contribution is 6.31. The van der Waals surface area contributed by atoms with Crippen LogP contribution in [-0.2, 0) is 0 Å². The number of ether oxygens (including phenoxy) is 1. The molecule has 0 saturated carbocycles. The maximum absolute atomic E-state index is 13.3. The maximum Gasteiger partial charge on any atom is 0.313 e. The van der Waals surface area contributed by atoms with Gasteiger partial charge in [0.05, 0.1) is 22.0 Å². The molecule has 164 valence electrons. The number of para-hydroxylation sites is 1. The Bertz CT molecular complexity index is 1450. The van der Waals surface area contributed by atoms with Crippen molar-refractivity contribution in [2.75, 3.05) is 6.61 Å². The van der Waals surface area contributed by atoms with Gasteiger partial charge >= 0.3 is 5.69 Å². The summed E-state index contributed by atoms with van der Waals surface area (Å²) < 4.78 is 6.68. The van der Waals surface area contributed by atoms with Crippen LogP contribution in [0, 0.1) is 10.1 Å². The van der Waals surface area contributed by atoms with Crippen molar-refractivity contribution in [1.82, 2.24) is 9.66 Å². The zero-order valence-electron chi connectivity index (χ0n) is 17.2. The topological polar surface area (TPSA) is 99.6 Å². The molecule has 0 aliphatic rings. The van der Waals surface area contributed by atoms with E-state index in [9.17, 15) is 14.9 Å². The van der Waals surface area contributed by atoms with Gasteiger partial charge in [0.25, 0.3) is 5.56 Å². The number of nitrogens with zero attached hydrogens (tertiary/aromatic N) is 4. The molecule has 0 amide bonds. The first-order valence-electron chi connectivity index (χ1n) is 9.83. The standard InChI is InChI=1S/C24H17ClN4O4/c1-2-12-33-22-17(13-18(25)14-21(22)29(31)32)15-26-28-23(16-8-4-3-5-9-16)27-20-11-7-6-10-19(20)24(28)30/h2-11,13-15H,1,12H2. The third kappa shape index (κ3) is 4.51. The van der Waals surface area contributed by atoms with Gasteiger partial charge in [0.1, 0.15) is 6.61 Å². The van der Waals surface area contributed by atoms with Crippen molar-refractivity contribution in [3.8, 4) is 17.1 Å². The lowest BCUT2D eigenvalue weighted by Crippen LogP contribution is -2.20. The summed E-state index contributed by atoms with van der Waals surface area (Å²) in [7, 11) is 0. The van der Waals surface area contributed by atoms with Crippen molar-refractivity contribution in [2.45, 2.75) is 0 Å². The van der Waals surface area contributed by atoms with Gasteiger partial charge in [-0.25, -0.2) is 4.98 Å². The van der Waals surface area contributed by atoms with Gasteiger partial charge in [-0.15, -0.1) is 0 Å². The van der Waals surface area contributed by atoms with Crippen LogP contribution in [0.4, 0.5) is 5.69 Å². The van der Waals surface area contributed by atoms with Gasteiger partial charge in [-0.05, 0) is 18.2 Å². The van der Waals surface area contributed by atoms with E-state index in [0.29, 0.717) is 22.3 Å². The molecular formula is C24H17ClN4O4. The summed E-state index contributed by atoms with van der Waals surface area (Å²) in [6.45, 7) is 3.61. The third-order valence-corrected chi connectivity index (χ3v) is 4.92. The number of nitro benzene ring substituents is 1. The summed E-state index contributed by atoms with van der Waals surface area (Å²) in [4.78, 5) is 28.8. The van der Waals surface area contributed by atoms with E-state index in [4.69, 9.17) is 16.3 Å². The summed E-state index contributed by atoms with van der Waals surface area (Å²) in [6, 6.07) is 18.7. The van der Waals surface area contributed by atoms with Gasteiger partial charge in [0.15, 0.2) is 5.82 Å². The molecular weight excluding hydrogens is 444 g/mol. The maximum atomic E-state index is 13.3. The fourth-order valence-electron chi connectivity index (χ4n) is 3.26. The summed E-state index contributed by atoms with van der Waals surface area (Å²) in [5.41, 5.74) is 0.730. The summed E-state index contributed by atoms with van der Waals surface area (Å²) in [5, 5.41) is 16.4. The Morgan fingerprint density at radius 2 is 1.88 bits per heavy atom. The van der Waals surface area contributed by atoms with Crippen LogP contribution >= 0.6 is 11.6 Å². The van der Waals surface area contributed by atoms with E-state index in [0.717, 1.165) is 4.68 Å². The fraction of sp³-hybridized carbons (Fsp3) is 0.0417. The Morgan fingerprint density at radius 3 is 2.61 bits per heavy atom. The summed E-state index contributed by atoms with van der Waals surface area (Å²) in [6.07, 6.45) is 2.76. The minimum atomic E-state index is -0.596. The van der Waals surface area contributed by atoms with E-state index >= 15 is 0 Å². The smallest absolute Gasteiger partial charge is 0.313 e. The molecule has 0 radical (unpaired) electrons. The second kappa shape index (κ2) is 9.46. The SMILES string of the molecule is C=CCOc1c(C=Nn2c(-c3ccccc3)nc3ccccc3c2=O)cc(Cl)cc1[N+](=O)[O-]. The second-order valence-electron chi connectivity index (χ2n) is 6.88. The molecule has 0 saturated heterocycles. The lowest BCUT2D eigenvalue weighted by atomic mass is 10.2. The number of nitro groups is 1. The largest absolute Gasteiger partial charge is 0.482 e. The highest BCUT2D eigenvalue weighted by atomic mass is 35.5. The molecule has 0 aliphatic heterocycles. The molecule has 4 aromatic rings. The van der Waals surface area contributed by atoms with Crippen LogP contribution in [-0.4, -0.2) is 27.4 Å². The monoisotopic (exact) mass is 460 g/mol. The number of hydrogen-bond donors (Lipinski definition) is 0. The van der Waals surface area contributed by atoms with Gasteiger partial charge in [0.2, 0.25) is 5.75 Å². The van der Waals surface area contributed by atoms with Crippen molar-refractivity contribution in [2.24, 2.45) is 5.10 Å². The molecule has 4 rings (SSSR count). The number of aromatic nitrogens is 2. The first-order chi connectivity index (χ1) is 16.0. The van der Waals surface area contributed by atoms with Crippen molar-refractivity contribution >= 4 is 34.4 Å². The van der Waals surface area contributed by atoms with E-state index in [1.54, 1.807) is 24.3 Å². The molecule has 0 bridgehead atoms. The highest BCUT2D eigenvalue weighted by Crippen LogP contribution is 2.34. The molecule has 9 heteroatoms. The average Bonchev–Trinajstić information content (AvgIpc) is 2.82. The van der Waals surface area contributed by atoms with Crippen LogP contribution in [0.3, 0.4) is 0 Å². The molecule has 1 heterocycles. The predicted molar refractivity (Wildman–Crippen MR) is 128 cm³/mol.